The van der Waals surface area contributed by atoms with Crippen molar-refractivity contribution in [2.45, 2.75) is 5.33 Å². The first-order valence-corrected chi connectivity index (χ1v) is 6.04. The van der Waals surface area contributed by atoms with Gasteiger partial charge in [-0.3, -0.25) is 0 Å². The van der Waals surface area contributed by atoms with E-state index in [1.165, 1.54) is 11.3 Å². The fraction of sp³-hybridized carbons (Fsp3) is 0.200. The van der Waals surface area contributed by atoms with Crippen LogP contribution in [0.4, 0.5) is 0 Å². The van der Waals surface area contributed by atoms with Crippen molar-refractivity contribution in [2.24, 2.45) is 0 Å². The summed E-state index contributed by atoms with van der Waals surface area (Å²) in [4.78, 5) is 0. The van der Waals surface area contributed by atoms with Gasteiger partial charge in [0.15, 0.2) is 5.06 Å². The summed E-state index contributed by atoms with van der Waals surface area (Å²) in [6.07, 6.45) is 0. The Morgan fingerprint density at radius 1 is 1.43 bits per heavy atom. The first-order chi connectivity index (χ1) is 6.74. The number of alkyl halides is 1. The Morgan fingerprint density at radius 2 is 2.21 bits per heavy atom. The predicted molar refractivity (Wildman–Crippen MR) is 62.7 cm³/mol. The van der Waals surface area contributed by atoms with Crippen LogP contribution in [0.3, 0.4) is 0 Å². The van der Waals surface area contributed by atoms with Crippen LogP contribution in [-0.4, -0.2) is 12.2 Å². The number of hydrogen-bond donors (Lipinski definition) is 1. The van der Waals surface area contributed by atoms with Gasteiger partial charge in [-0.05, 0) is 23.6 Å². The summed E-state index contributed by atoms with van der Waals surface area (Å²) in [5.74, 6) is 0.854. The maximum atomic E-state index is 9.35. The highest BCUT2D eigenvalue weighted by atomic mass is 79.9. The molecule has 0 fully saturated rings. The maximum absolute atomic E-state index is 9.35. The number of fused-ring (bicyclic) bond motifs is 1. The zero-order valence-electron chi connectivity index (χ0n) is 7.58. The zero-order chi connectivity index (χ0) is 10.1. The van der Waals surface area contributed by atoms with Crippen LogP contribution in [0.25, 0.3) is 10.1 Å². The van der Waals surface area contributed by atoms with Crippen LogP contribution in [0.5, 0.6) is 10.8 Å². The average molecular weight is 273 g/mol. The lowest BCUT2D eigenvalue weighted by atomic mass is 10.2. The number of halogens is 1. The van der Waals surface area contributed by atoms with Gasteiger partial charge in [-0.15, -0.1) is 0 Å². The van der Waals surface area contributed by atoms with E-state index in [0.717, 1.165) is 26.7 Å². The van der Waals surface area contributed by atoms with Gasteiger partial charge in [-0.25, -0.2) is 0 Å². The van der Waals surface area contributed by atoms with Crippen molar-refractivity contribution in [1.29, 1.82) is 0 Å². The normalized spacial score (nSPS) is 10.7. The molecule has 74 valence electrons. The van der Waals surface area contributed by atoms with E-state index < -0.39 is 0 Å². The number of ether oxygens (including phenoxy) is 1. The fourth-order valence-corrected chi connectivity index (χ4v) is 2.67. The van der Waals surface area contributed by atoms with E-state index in [1.807, 2.05) is 12.1 Å². The monoisotopic (exact) mass is 272 g/mol. The Hall–Kier alpha value is -0.740. The summed E-state index contributed by atoms with van der Waals surface area (Å²) >= 11 is 4.78. The summed E-state index contributed by atoms with van der Waals surface area (Å²) in [5, 5.41) is 11.5. The van der Waals surface area contributed by atoms with Crippen LogP contribution in [0, 0.1) is 0 Å². The summed E-state index contributed by atoms with van der Waals surface area (Å²) in [6.45, 7) is 0. The number of thiophene rings is 1. The fourth-order valence-electron chi connectivity index (χ4n) is 1.39. The number of rotatable bonds is 2. The van der Waals surface area contributed by atoms with Crippen LogP contribution in [0.1, 0.15) is 5.56 Å². The molecule has 0 unspecified atom stereocenters. The standard InChI is InChI=1S/C10H9BrO2S/c1-13-8-2-6-4-10(12)14-9(6)3-7(8)5-11/h2-4,12H,5H2,1H3. The van der Waals surface area contributed by atoms with Crippen LogP contribution in [0.2, 0.25) is 0 Å². The smallest absolute Gasteiger partial charge is 0.172 e. The minimum Gasteiger partial charge on any atom is -0.499 e. The quantitative estimate of drug-likeness (QED) is 0.848. The van der Waals surface area contributed by atoms with E-state index >= 15 is 0 Å². The van der Waals surface area contributed by atoms with Crippen molar-refractivity contribution in [3.8, 4) is 10.8 Å². The Kier molecular flexibility index (Phi) is 2.65. The molecule has 1 aromatic heterocycles. The van der Waals surface area contributed by atoms with Gasteiger partial charge >= 0.3 is 0 Å². The van der Waals surface area contributed by atoms with Gasteiger partial charge in [0, 0.05) is 15.6 Å². The summed E-state index contributed by atoms with van der Waals surface area (Å²) in [6, 6.07) is 5.73. The molecule has 1 N–H and O–H groups in total. The predicted octanol–water partition coefficient (Wildman–Crippen LogP) is 3.51. The number of hydrogen-bond acceptors (Lipinski definition) is 3. The van der Waals surface area contributed by atoms with Crippen molar-refractivity contribution < 1.29 is 9.84 Å². The van der Waals surface area contributed by atoms with Gasteiger partial charge in [0.25, 0.3) is 0 Å². The Labute approximate surface area is 94.3 Å². The molecule has 14 heavy (non-hydrogen) atoms. The number of benzene rings is 1. The Bertz CT molecular complexity index is 423. The van der Waals surface area contributed by atoms with Crippen molar-refractivity contribution in [3.05, 3.63) is 23.8 Å². The van der Waals surface area contributed by atoms with Crippen LogP contribution in [0.15, 0.2) is 18.2 Å². The van der Waals surface area contributed by atoms with Crippen LogP contribution >= 0.6 is 27.3 Å². The lowest BCUT2D eigenvalue weighted by molar-refractivity contribution is 0.412. The first kappa shape index (κ1) is 9.80. The summed E-state index contributed by atoms with van der Waals surface area (Å²) in [7, 11) is 1.65. The molecular formula is C10H9BrO2S. The largest absolute Gasteiger partial charge is 0.499 e. The van der Waals surface area contributed by atoms with E-state index in [9.17, 15) is 5.11 Å². The first-order valence-electron chi connectivity index (χ1n) is 4.10. The van der Waals surface area contributed by atoms with Gasteiger partial charge < -0.3 is 9.84 Å². The van der Waals surface area contributed by atoms with Gasteiger partial charge in [0.1, 0.15) is 5.75 Å². The lowest BCUT2D eigenvalue weighted by Crippen LogP contribution is -1.88. The van der Waals surface area contributed by atoms with Gasteiger partial charge in [0.05, 0.1) is 7.11 Å². The van der Waals surface area contributed by atoms with Gasteiger partial charge in [0.2, 0.25) is 0 Å². The maximum Gasteiger partial charge on any atom is 0.172 e. The Balaban J connectivity index is 2.68. The molecule has 0 spiro atoms. The molecule has 2 rings (SSSR count). The molecule has 0 aliphatic carbocycles. The second kappa shape index (κ2) is 3.79. The highest BCUT2D eigenvalue weighted by Crippen LogP contribution is 2.35. The van der Waals surface area contributed by atoms with E-state index in [1.54, 1.807) is 13.2 Å². The molecule has 0 aliphatic heterocycles. The molecule has 0 saturated carbocycles. The average Bonchev–Trinajstić information content (AvgIpc) is 2.54. The van der Waals surface area contributed by atoms with Crippen molar-refractivity contribution in [3.63, 3.8) is 0 Å². The second-order valence-electron chi connectivity index (χ2n) is 2.92. The molecule has 2 aromatic rings. The molecule has 0 saturated heterocycles. The zero-order valence-corrected chi connectivity index (χ0v) is 9.98. The molecule has 1 aromatic carbocycles. The highest BCUT2D eigenvalue weighted by Gasteiger charge is 2.07. The van der Waals surface area contributed by atoms with Crippen molar-refractivity contribution in [2.75, 3.05) is 7.11 Å². The third-order valence-electron chi connectivity index (χ3n) is 2.05. The van der Waals surface area contributed by atoms with E-state index in [2.05, 4.69) is 15.9 Å². The molecular weight excluding hydrogens is 264 g/mol. The number of aromatic hydroxyl groups is 1. The highest BCUT2D eigenvalue weighted by molar-refractivity contribution is 9.08. The van der Waals surface area contributed by atoms with Crippen LogP contribution < -0.4 is 4.74 Å². The minimum absolute atomic E-state index is 0.341. The molecule has 0 amide bonds. The molecule has 4 heteroatoms. The third kappa shape index (κ3) is 1.60. The van der Waals surface area contributed by atoms with E-state index in [0.29, 0.717) is 5.06 Å². The van der Waals surface area contributed by atoms with E-state index in [-0.39, 0.29) is 0 Å². The van der Waals surface area contributed by atoms with Gasteiger partial charge in [-0.2, -0.15) is 0 Å². The molecule has 0 aliphatic rings. The minimum atomic E-state index is 0.341. The topological polar surface area (TPSA) is 29.5 Å². The molecule has 2 nitrogen and oxygen atoms in total. The SMILES string of the molecule is COc1cc2cc(O)sc2cc1CBr. The molecule has 0 bridgehead atoms. The molecule has 0 radical (unpaired) electrons. The number of methoxy groups -OCH3 is 1. The Morgan fingerprint density at radius 3 is 2.86 bits per heavy atom. The van der Waals surface area contributed by atoms with Crippen molar-refractivity contribution >= 4 is 37.4 Å². The lowest BCUT2D eigenvalue weighted by Gasteiger charge is -2.05. The molecule has 1 heterocycles. The van der Waals surface area contributed by atoms with Crippen molar-refractivity contribution in [1.82, 2.24) is 0 Å². The van der Waals surface area contributed by atoms with E-state index in [4.69, 9.17) is 4.74 Å². The second-order valence-corrected chi connectivity index (χ2v) is 4.54. The van der Waals surface area contributed by atoms with Gasteiger partial charge in [-0.1, -0.05) is 27.3 Å². The summed E-state index contributed by atoms with van der Waals surface area (Å²) < 4.78 is 6.33. The third-order valence-corrected chi connectivity index (χ3v) is 3.55. The summed E-state index contributed by atoms with van der Waals surface area (Å²) in [5.41, 5.74) is 1.10. The van der Waals surface area contributed by atoms with Crippen LogP contribution in [-0.2, 0) is 5.33 Å². The molecule has 0 atom stereocenters.